The molecule has 0 fully saturated rings. The molecule has 0 radical (unpaired) electrons. The summed E-state index contributed by atoms with van der Waals surface area (Å²) in [6.45, 7) is 1.78. The number of aliphatic carboxylic acids is 1. The number of amides is 2. The van der Waals surface area contributed by atoms with Crippen LogP contribution in [0.15, 0.2) is 0 Å². The first-order valence-corrected chi connectivity index (χ1v) is 5.77. The average Bonchev–Trinajstić information content (AvgIpc) is 2.33. The van der Waals surface area contributed by atoms with Gasteiger partial charge in [0.1, 0.15) is 6.54 Å². The van der Waals surface area contributed by atoms with Crippen molar-refractivity contribution in [1.82, 2.24) is 10.2 Å². The van der Waals surface area contributed by atoms with Crippen molar-refractivity contribution in [2.45, 2.75) is 13.8 Å². The molecule has 0 saturated carbocycles. The van der Waals surface area contributed by atoms with Crippen molar-refractivity contribution in [2.24, 2.45) is 11.7 Å². The Hall–Kier alpha value is -1.96. The maximum atomic E-state index is 11.7. The minimum Gasteiger partial charge on any atom is -0.480 e. The van der Waals surface area contributed by atoms with Crippen molar-refractivity contribution in [3.8, 4) is 0 Å². The maximum Gasteiger partial charge on any atom is 0.323 e. The largest absolute Gasteiger partial charge is 0.480 e. The normalized spacial score (nSPS) is 10.1. The zero-order chi connectivity index (χ0) is 15.0. The van der Waals surface area contributed by atoms with E-state index in [1.807, 2.05) is 0 Å². The Kier molecular flexibility index (Phi) is 7.35. The van der Waals surface area contributed by atoms with Gasteiger partial charge in [0.2, 0.25) is 11.8 Å². The molecule has 4 N–H and O–H groups in total. The fraction of sp³-hybridized carbons (Fsp3) is 0.636. The molecule has 0 aliphatic rings. The van der Waals surface area contributed by atoms with E-state index >= 15 is 0 Å². The zero-order valence-corrected chi connectivity index (χ0v) is 11.0. The van der Waals surface area contributed by atoms with Crippen LogP contribution >= 0.6 is 0 Å². The minimum atomic E-state index is -1.23. The van der Waals surface area contributed by atoms with Gasteiger partial charge in [0, 0.05) is 5.92 Å². The van der Waals surface area contributed by atoms with Crippen LogP contribution in [0.25, 0.3) is 0 Å². The van der Waals surface area contributed by atoms with E-state index in [2.05, 4.69) is 5.32 Å². The van der Waals surface area contributed by atoms with Crippen LogP contribution in [0.5, 0.6) is 0 Å². The topological polar surface area (TPSA) is 130 Å². The molecule has 0 aliphatic heterocycles. The summed E-state index contributed by atoms with van der Waals surface area (Å²) in [5.41, 5.74) is 5.05. The van der Waals surface area contributed by atoms with Gasteiger partial charge in [-0.05, 0) is 0 Å². The van der Waals surface area contributed by atoms with Crippen LogP contribution in [-0.2, 0) is 19.2 Å². The number of nitrogens with two attached hydrogens (primary N) is 1. The molecule has 0 aromatic rings. The molecule has 0 unspecified atom stereocenters. The number of ketones is 1. The lowest BCUT2D eigenvalue weighted by Gasteiger charge is -2.21. The van der Waals surface area contributed by atoms with E-state index in [4.69, 9.17) is 10.8 Å². The molecule has 0 spiro atoms. The second-order valence-corrected chi connectivity index (χ2v) is 4.25. The Balaban J connectivity index is 4.56. The molecule has 0 aromatic carbocycles. The molecule has 0 bridgehead atoms. The summed E-state index contributed by atoms with van der Waals surface area (Å²) in [7, 11) is 0. The summed E-state index contributed by atoms with van der Waals surface area (Å²) in [5, 5.41) is 10.9. The van der Waals surface area contributed by atoms with E-state index in [1.54, 1.807) is 13.8 Å². The van der Waals surface area contributed by atoms with Gasteiger partial charge in [-0.1, -0.05) is 13.8 Å². The smallest absolute Gasteiger partial charge is 0.323 e. The van der Waals surface area contributed by atoms with E-state index in [-0.39, 0.29) is 31.3 Å². The summed E-state index contributed by atoms with van der Waals surface area (Å²) in [5.74, 6) is -2.95. The van der Waals surface area contributed by atoms with E-state index < -0.39 is 24.3 Å². The summed E-state index contributed by atoms with van der Waals surface area (Å²) in [6, 6.07) is 0. The van der Waals surface area contributed by atoms with Crippen LogP contribution in [0, 0.1) is 5.92 Å². The first kappa shape index (κ1) is 17.0. The van der Waals surface area contributed by atoms with Crippen molar-refractivity contribution in [3.05, 3.63) is 0 Å². The Labute approximate surface area is 110 Å². The fourth-order valence-electron chi connectivity index (χ4n) is 1.12. The molecule has 0 saturated heterocycles. The molecule has 0 atom stereocenters. The SMILES string of the molecule is CC(C)C(=O)CN(CC(=O)O)C(=O)CNC(=O)CN. The van der Waals surface area contributed by atoms with Crippen LogP contribution in [-0.4, -0.2) is 59.8 Å². The molecule has 0 rings (SSSR count). The third-order valence-electron chi connectivity index (χ3n) is 2.29. The van der Waals surface area contributed by atoms with Gasteiger partial charge in [-0.3, -0.25) is 19.2 Å². The molecule has 8 nitrogen and oxygen atoms in total. The maximum absolute atomic E-state index is 11.7. The van der Waals surface area contributed by atoms with Gasteiger partial charge in [0.25, 0.3) is 0 Å². The number of nitrogens with one attached hydrogen (secondary N) is 1. The molecular formula is C11H19N3O5. The Morgan fingerprint density at radius 2 is 1.79 bits per heavy atom. The monoisotopic (exact) mass is 273 g/mol. The third kappa shape index (κ3) is 7.14. The number of carbonyl (C=O) groups excluding carboxylic acids is 3. The summed E-state index contributed by atoms with van der Waals surface area (Å²) < 4.78 is 0. The van der Waals surface area contributed by atoms with Gasteiger partial charge in [0.15, 0.2) is 5.78 Å². The van der Waals surface area contributed by atoms with Gasteiger partial charge in [-0.2, -0.15) is 0 Å². The molecule has 19 heavy (non-hydrogen) atoms. The highest BCUT2D eigenvalue weighted by Crippen LogP contribution is 1.99. The van der Waals surface area contributed by atoms with E-state index in [1.165, 1.54) is 0 Å². The highest BCUT2D eigenvalue weighted by Gasteiger charge is 2.21. The summed E-state index contributed by atoms with van der Waals surface area (Å²) >= 11 is 0. The van der Waals surface area contributed by atoms with Crippen molar-refractivity contribution in [1.29, 1.82) is 0 Å². The number of hydrogen-bond donors (Lipinski definition) is 3. The van der Waals surface area contributed by atoms with Crippen LogP contribution < -0.4 is 11.1 Å². The molecule has 0 aliphatic carbocycles. The van der Waals surface area contributed by atoms with Crippen molar-refractivity contribution >= 4 is 23.6 Å². The van der Waals surface area contributed by atoms with Gasteiger partial charge in [-0.15, -0.1) is 0 Å². The first-order valence-electron chi connectivity index (χ1n) is 5.77. The quantitative estimate of drug-likeness (QED) is 0.478. The Morgan fingerprint density at radius 1 is 1.21 bits per heavy atom. The van der Waals surface area contributed by atoms with E-state index in [0.717, 1.165) is 4.90 Å². The van der Waals surface area contributed by atoms with Gasteiger partial charge >= 0.3 is 5.97 Å². The lowest BCUT2D eigenvalue weighted by molar-refractivity contribution is -0.145. The highest BCUT2D eigenvalue weighted by molar-refractivity contribution is 5.91. The van der Waals surface area contributed by atoms with Gasteiger partial charge < -0.3 is 21.1 Å². The molecular weight excluding hydrogens is 254 g/mol. The van der Waals surface area contributed by atoms with Gasteiger partial charge in [0.05, 0.1) is 19.6 Å². The number of Topliss-reactive ketones (excluding diaryl/α,β-unsaturated/α-hetero) is 1. The lowest BCUT2D eigenvalue weighted by Crippen LogP contribution is -2.46. The number of rotatable bonds is 8. The number of hydrogen-bond acceptors (Lipinski definition) is 5. The first-order chi connectivity index (χ1) is 8.77. The minimum absolute atomic E-state index is 0.250. The van der Waals surface area contributed by atoms with Crippen LogP contribution in [0.1, 0.15) is 13.8 Å². The second-order valence-electron chi connectivity index (χ2n) is 4.25. The van der Waals surface area contributed by atoms with Crippen LogP contribution in [0.4, 0.5) is 0 Å². The van der Waals surface area contributed by atoms with Crippen molar-refractivity contribution in [2.75, 3.05) is 26.2 Å². The molecule has 8 heteroatoms. The summed E-state index contributed by atoms with van der Waals surface area (Å²) in [4.78, 5) is 45.7. The van der Waals surface area contributed by atoms with Crippen LogP contribution in [0.2, 0.25) is 0 Å². The predicted octanol–water partition coefficient (Wildman–Crippen LogP) is -1.80. The zero-order valence-electron chi connectivity index (χ0n) is 11.0. The lowest BCUT2D eigenvalue weighted by atomic mass is 10.1. The Bertz CT molecular complexity index is 367. The molecule has 2 amide bonds. The molecule has 108 valence electrons. The van der Waals surface area contributed by atoms with Crippen molar-refractivity contribution in [3.63, 3.8) is 0 Å². The molecule has 0 aromatic heterocycles. The Morgan fingerprint density at radius 3 is 2.21 bits per heavy atom. The van der Waals surface area contributed by atoms with Gasteiger partial charge in [-0.25, -0.2) is 0 Å². The van der Waals surface area contributed by atoms with Crippen molar-refractivity contribution < 1.29 is 24.3 Å². The average molecular weight is 273 g/mol. The molecule has 0 heterocycles. The highest BCUT2D eigenvalue weighted by atomic mass is 16.4. The fourth-order valence-corrected chi connectivity index (χ4v) is 1.12. The number of carboxylic acid groups (broad SMARTS) is 1. The number of carboxylic acids is 1. The predicted molar refractivity (Wildman–Crippen MR) is 66.1 cm³/mol. The number of carbonyl (C=O) groups is 4. The summed E-state index contributed by atoms with van der Waals surface area (Å²) in [6.07, 6.45) is 0. The number of nitrogens with zero attached hydrogens (tertiary/aromatic N) is 1. The van der Waals surface area contributed by atoms with Crippen LogP contribution in [0.3, 0.4) is 0 Å². The van der Waals surface area contributed by atoms with E-state index in [9.17, 15) is 19.2 Å². The third-order valence-corrected chi connectivity index (χ3v) is 2.29. The standard InChI is InChI=1S/C11H19N3O5/c1-7(2)8(15)5-14(6-11(18)19)10(17)4-13-9(16)3-12/h7H,3-6,12H2,1-2H3,(H,13,16)(H,18,19). The van der Waals surface area contributed by atoms with E-state index in [0.29, 0.717) is 0 Å². The second kappa shape index (κ2) is 8.20.